The van der Waals surface area contributed by atoms with E-state index in [2.05, 4.69) is 26.8 Å². The summed E-state index contributed by atoms with van der Waals surface area (Å²) < 4.78 is 76.1. The van der Waals surface area contributed by atoms with Crippen LogP contribution in [0.25, 0.3) is 0 Å². The minimum atomic E-state index is -4.62. The molecule has 0 fully saturated rings. The molecule has 0 spiro atoms. The number of anilines is 2. The summed E-state index contributed by atoms with van der Waals surface area (Å²) in [6, 6.07) is -4.10. The molecule has 1 aromatic heterocycles. The van der Waals surface area contributed by atoms with Crippen LogP contribution in [0, 0.1) is 11.8 Å². The van der Waals surface area contributed by atoms with Gasteiger partial charge in [0.1, 0.15) is 12.1 Å². The van der Waals surface area contributed by atoms with Gasteiger partial charge in [-0.3, -0.25) is 0 Å². The molecular formula is C15H19F6N5O. The molecule has 0 bridgehead atoms. The predicted octanol–water partition coefficient (Wildman–Crippen LogP) is 3.11. The zero-order valence-corrected chi connectivity index (χ0v) is 14.9. The van der Waals surface area contributed by atoms with Crippen molar-refractivity contribution >= 4 is 11.9 Å². The van der Waals surface area contributed by atoms with Crippen LogP contribution in [-0.4, -0.2) is 50.1 Å². The number of hydrogen-bond acceptors (Lipinski definition) is 6. The number of aromatic nitrogens is 3. The van der Waals surface area contributed by atoms with Crippen molar-refractivity contribution in [2.75, 3.05) is 10.6 Å². The number of aliphatic hydroxyl groups is 1. The van der Waals surface area contributed by atoms with Crippen molar-refractivity contribution in [2.24, 2.45) is 0 Å². The van der Waals surface area contributed by atoms with Crippen molar-refractivity contribution in [2.45, 2.75) is 64.2 Å². The lowest BCUT2D eigenvalue weighted by Gasteiger charge is -2.19. The summed E-state index contributed by atoms with van der Waals surface area (Å²) in [7, 11) is 0. The second-order valence-electron chi connectivity index (χ2n) is 6.41. The lowest BCUT2D eigenvalue weighted by molar-refractivity contribution is -0.139. The molecule has 0 aliphatic heterocycles. The van der Waals surface area contributed by atoms with E-state index < -0.39 is 41.9 Å². The monoisotopic (exact) mass is 399 g/mol. The Morgan fingerprint density at radius 2 is 1.30 bits per heavy atom. The number of nitrogens with zero attached hydrogens (tertiary/aromatic N) is 3. The third-order valence-electron chi connectivity index (χ3n) is 3.03. The number of hydrogen-bond donors (Lipinski definition) is 3. The maximum atomic E-state index is 12.7. The summed E-state index contributed by atoms with van der Waals surface area (Å²) in [5.74, 6) is 3.39. The van der Waals surface area contributed by atoms with E-state index in [4.69, 9.17) is 0 Å². The Hall–Kier alpha value is -2.29. The van der Waals surface area contributed by atoms with E-state index in [1.807, 2.05) is 10.6 Å². The molecule has 1 heterocycles. The van der Waals surface area contributed by atoms with Gasteiger partial charge < -0.3 is 15.7 Å². The van der Waals surface area contributed by atoms with Crippen LogP contribution in [0.4, 0.5) is 38.2 Å². The van der Waals surface area contributed by atoms with Crippen LogP contribution in [0.3, 0.4) is 0 Å². The highest BCUT2D eigenvalue weighted by atomic mass is 19.4. The molecule has 0 saturated heterocycles. The maximum absolute atomic E-state index is 12.7. The first-order valence-corrected chi connectivity index (χ1v) is 7.72. The minimum Gasteiger partial charge on any atom is -0.389 e. The number of halogens is 6. The molecule has 0 saturated carbocycles. The van der Waals surface area contributed by atoms with Crippen molar-refractivity contribution in [3.63, 3.8) is 0 Å². The Bertz CT molecular complexity index is 662. The molecule has 0 amide bonds. The molecule has 1 aromatic rings. The van der Waals surface area contributed by atoms with E-state index in [0.29, 0.717) is 0 Å². The average molecular weight is 399 g/mol. The average Bonchev–Trinajstić information content (AvgIpc) is 2.43. The first-order valence-electron chi connectivity index (χ1n) is 7.72. The van der Waals surface area contributed by atoms with Gasteiger partial charge in [0.15, 0.2) is 0 Å². The van der Waals surface area contributed by atoms with Crippen LogP contribution in [0.5, 0.6) is 0 Å². The molecule has 12 heteroatoms. The van der Waals surface area contributed by atoms with Crippen LogP contribution < -0.4 is 10.6 Å². The van der Waals surface area contributed by atoms with Gasteiger partial charge in [0.2, 0.25) is 17.7 Å². The molecule has 0 aromatic carbocycles. The van der Waals surface area contributed by atoms with Gasteiger partial charge in [-0.25, -0.2) is 0 Å². The Morgan fingerprint density at radius 3 is 1.63 bits per heavy atom. The fraction of sp³-hybridized carbons (Fsp3) is 0.667. The van der Waals surface area contributed by atoms with E-state index >= 15 is 0 Å². The third-order valence-corrected chi connectivity index (χ3v) is 3.03. The quantitative estimate of drug-likeness (QED) is 0.521. The zero-order chi connectivity index (χ0) is 21.0. The van der Waals surface area contributed by atoms with E-state index in [1.165, 1.54) is 13.8 Å². The van der Waals surface area contributed by atoms with Gasteiger partial charge in [0.25, 0.3) is 0 Å². The fourth-order valence-corrected chi connectivity index (χ4v) is 1.45. The van der Waals surface area contributed by atoms with Gasteiger partial charge in [-0.1, -0.05) is 5.92 Å². The number of rotatable bonds is 5. The van der Waals surface area contributed by atoms with Gasteiger partial charge in [0.05, 0.1) is 5.60 Å². The van der Waals surface area contributed by atoms with E-state index in [1.54, 1.807) is 0 Å². The SMILES string of the molecule is C[C@@H](Nc1nc(C#CCC(C)(C)O)nc(N[C@H](C)C(F)(F)F)n1)C(F)(F)F. The van der Waals surface area contributed by atoms with Crippen molar-refractivity contribution in [1.29, 1.82) is 0 Å². The van der Waals surface area contributed by atoms with Gasteiger partial charge in [0, 0.05) is 6.42 Å². The molecule has 27 heavy (non-hydrogen) atoms. The van der Waals surface area contributed by atoms with E-state index in [9.17, 15) is 31.4 Å². The van der Waals surface area contributed by atoms with Crippen LogP contribution in [0.2, 0.25) is 0 Å². The first kappa shape index (κ1) is 22.8. The highest BCUT2D eigenvalue weighted by molar-refractivity contribution is 5.40. The lowest BCUT2D eigenvalue weighted by Crippen LogP contribution is -2.35. The van der Waals surface area contributed by atoms with Gasteiger partial charge in [-0.15, -0.1) is 0 Å². The summed E-state index contributed by atoms with van der Waals surface area (Å²) in [5, 5.41) is 13.5. The predicted molar refractivity (Wildman–Crippen MR) is 85.9 cm³/mol. The van der Waals surface area contributed by atoms with Crippen molar-refractivity contribution in [3.05, 3.63) is 5.82 Å². The Kier molecular flexibility index (Phi) is 6.88. The maximum Gasteiger partial charge on any atom is 0.408 e. The second kappa shape index (κ2) is 8.16. The smallest absolute Gasteiger partial charge is 0.389 e. The molecule has 6 nitrogen and oxygen atoms in total. The van der Waals surface area contributed by atoms with Crippen LogP contribution in [-0.2, 0) is 0 Å². The molecule has 0 radical (unpaired) electrons. The topological polar surface area (TPSA) is 83.0 Å². The Morgan fingerprint density at radius 1 is 0.889 bits per heavy atom. The molecule has 152 valence electrons. The molecule has 0 aliphatic carbocycles. The van der Waals surface area contributed by atoms with Crippen molar-refractivity contribution in [3.8, 4) is 11.8 Å². The first-order chi connectivity index (χ1) is 12.1. The summed E-state index contributed by atoms with van der Waals surface area (Å²) in [6.07, 6.45) is -9.25. The van der Waals surface area contributed by atoms with Crippen molar-refractivity contribution in [1.82, 2.24) is 15.0 Å². The van der Waals surface area contributed by atoms with Gasteiger partial charge in [-0.2, -0.15) is 41.3 Å². The molecule has 0 unspecified atom stereocenters. The van der Waals surface area contributed by atoms with Crippen LogP contribution in [0.1, 0.15) is 39.9 Å². The summed E-state index contributed by atoms with van der Waals surface area (Å²) in [5.41, 5.74) is -1.14. The van der Waals surface area contributed by atoms with Crippen LogP contribution in [0.15, 0.2) is 0 Å². The summed E-state index contributed by atoms with van der Waals surface area (Å²) in [6.45, 7) is 4.56. The molecule has 2 atom stereocenters. The lowest BCUT2D eigenvalue weighted by atomic mass is 10.1. The van der Waals surface area contributed by atoms with Crippen molar-refractivity contribution < 1.29 is 31.4 Å². The highest BCUT2D eigenvalue weighted by Crippen LogP contribution is 2.24. The number of alkyl halides is 6. The van der Waals surface area contributed by atoms with E-state index in [-0.39, 0.29) is 12.2 Å². The number of nitrogens with one attached hydrogen (secondary N) is 2. The normalized spacial score (nSPS) is 14.8. The Labute approximate surface area is 151 Å². The largest absolute Gasteiger partial charge is 0.408 e. The molecular weight excluding hydrogens is 380 g/mol. The molecule has 3 N–H and O–H groups in total. The third kappa shape index (κ3) is 8.29. The second-order valence-corrected chi connectivity index (χ2v) is 6.41. The molecule has 0 aliphatic rings. The Balaban J connectivity index is 3.18. The summed E-state index contributed by atoms with van der Waals surface area (Å²) in [4.78, 5) is 10.9. The van der Waals surface area contributed by atoms with Gasteiger partial charge >= 0.3 is 12.4 Å². The minimum absolute atomic E-state index is 0.0118. The fourth-order valence-electron chi connectivity index (χ4n) is 1.45. The van der Waals surface area contributed by atoms with E-state index in [0.717, 1.165) is 13.8 Å². The highest BCUT2D eigenvalue weighted by Gasteiger charge is 2.38. The van der Waals surface area contributed by atoms with Gasteiger partial charge in [-0.05, 0) is 33.6 Å². The zero-order valence-electron chi connectivity index (χ0n) is 14.9. The van der Waals surface area contributed by atoms with Crippen LogP contribution >= 0.6 is 0 Å². The standard InChI is InChI=1S/C15H19F6N5O/c1-8(14(16,17)18)22-11-24-10(6-5-7-13(3,4)27)25-12(26-11)23-9(2)15(19,20)21/h8-9,27H,7H2,1-4H3,(H2,22,23,24,25,26)/t8-,9-/m1/s1. The summed E-state index contributed by atoms with van der Waals surface area (Å²) >= 11 is 0. The molecule has 1 rings (SSSR count).